The maximum Gasteiger partial charge on any atom is 0.333 e. The van der Waals surface area contributed by atoms with Gasteiger partial charge in [-0.25, -0.2) is 4.79 Å². The van der Waals surface area contributed by atoms with Crippen LogP contribution in [-0.4, -0.2) is 227 Å². The number of amides is 6. The number of halogens is 3. The Bertz CT molecular complexity index is 5580. The summed E-state index contributed by atoms with van der Waals surface area (Å²) in [5.74, 6) is -21.9. The van der Waals surface area contributed by atoms with Gasteiger partial charge in [0.05, 0.1) is 59.0 Å². The number of aromatic hydroxyl groups is 1. The number of carbonyl (C=O) groups is 9. The molecule has 3 saturated heterocycles. The third-order valence-electron chi connectivity index (χ3n) is 25.2. The lowest BCUT2D eigenvalue weighted by atomic mass is 9.84. The molecule has 3 fully saturated rings. The summed E-state index contributed by atoms with van der Waals surface area (Å²) in [6.45, 7) is 7.39. The van der Waals surface area contributed by atoms with Gasteiger partial charge in [-0.1, -0.05) is 102 Å². The minimum absolute atomic E-state index is 0.0344. The molecule has 0 spiro atoms. The number of ether oxygens (including phenoxy) is 9. The molecule has 23 atom stereocenters. The zero-order valence-electron chi connectivity index (χ0n) is 72.9. The number of primary amides is 1. The number of benzene rings is 7. The van der Waals surface area contributed by atoms with Crippen LogP contribution in [0.4, 0.5) is 0 Å². The monoisotopic (exact) mass is 1900 g/mol. The summed E-state index contributed by atoms with van der Waals surface area (Å²) < 4.78 is 59.0. The van der Waals surface area contributed by atoms with Gasteiger partial charge in [0.25, 0.3) is 5.91 Å². The van der Waals surface area contributed by atoms with Gasteiger partial charge in [0.2, 0.25) is 47.4 Å². The molecular weight excluding hydrogens is 1800 g/mol. The number of nitrogens with one attached hydrogen (secondary N) is 6. The Morgan fingerprint density at radius 2 is 1.32 bits per heavy atom. The van der Waals surface area contributed by atoms with Crippen LogP contribution >= 0.6 is 34.8 Å². The van der Waals surface area contributed by atoms with Crippen LogP contribution in [0.25, 0.3) is 22.3 Å². The first kappa shape index (κ1) is 98.6. The van der Waals surface area contributed by atoms with Crippen molar-refractivity contribution < 1.29 is 137 Å². The number of Topliss-reactive ketones (excluding diaryl/α,β-unsaturated/α-hetero) is 2. The number of hydrogen-bond acceptors (Lipinski definition) is 31. The molecule has 11 bridgehead atoms. The maximum atomic E-state index is 16.9. The smallest absolute Gasteiger partial charge is 0.333 e. The summed E-state index contributed by atoms with van der Waals surface area (Å²) in [6.07, 6.45) is -26.4. The Morgan fingerprint density at radius 1 is 0.684 bits per heavy atom. The van der Waals surface area contributed by atoms with Crippen LogP contribution in [0.5, 0.6) is 34.5 Å². The van der Waals surface area contributed by atoms with Crippen molar-refractivity contribution in [3.05, 3.63) is 187 Å². The van der Waals surface area contributed by atoms with Crippen molar-refractivity contribution in [2.45, 2.75) is 226 Å². The average molecular weight is 1900 g/mol. The summed E-state index contributed by atoms with van der Waals surface area (Å²) >= 11 is 21.0. The number of hydrogen-bond donors (Lipinski definition) is 19. The Labute approximate surface area is 777 Å². The highest BCUT2D eigenvalue weighted by molar-refractivity contribution is 6.32. The lowest BCUT2D eigenvalue weighted by Crippen LogP contribution is -2.65. The summed E-state index contributed by atoms with van der Waals surface area (Å²) in [7, 11) is 0. The summed E-state index contributed by atoms with van der Waals surface area (Å²) in [4.78, 5) is 137. The number of ketones is 2. The zero-order chi connectivity index (χ0) is 95.9. The molecule has 7 aromatic carbocycles. The van der Waals surface area contributed by atoms with E-state index in [9.17, 15) is 65.4 Å². The topological polar surface area (TPSA) is 589 Å². The number of carbonyl (C=O) groups excluding carboxylic acids is 9. The number of fused-ring (bicyclic) bond motifs is 12. The predicted molar refractivity (Wildman–Crippen MR) is 473 cm³/mol. The third-order valence-corrected chi connectivity index (χ3v) is 26.1. The predicted octanol–water partition coefficient (Wildman–Crippen LogP) is 4.26. The Kier molecular flexibility index (Phi) is 30.1. The highest BCUT2D eigenvalue weighted by atomic mass is 35.5. The first-order valence-corrected chi connectivity index (χ1v) is 44.5. The van der Waals surface area contributed by atoms with Gasteiger partial charge in [-0.05, 0) is 170 Å². The molecule has 7 aromatic rings. The van der Waals surface area contributed by atoms with E-state index in [0.717, 1.165) is 53.1 Å². The summed E-state index contributed by atoms with van der Waals surface area (Å²) in [5, 5.41) is 135. The first-order chi connectivity index (χ1) is 63.0. The highest BCUT2D eigenvalue weighted by Gasteiger charge is 2.54. The molecule has 22 N–H and O–H groups in total. The van der Waals surface area contributed by atoms with E-state index in [1.54, 1.807) is 32.9 Å². The van der Waals surface area contributed by atoms with Gasteiger partial charge < -0.3 is 143 Å². The SMILES string of the molecule is CC[C@H](CC(C)O)C(=O)N[C@H]1C(=O)C[C@@H](CC(N)=O)C(=O)N[C@H]2C(=O)C[C@H]3C(=O)N[C@H](C(=O)N[C@H](C(=O)OCC(=O)NCCN)c4cc(O)cc5c4-c4cc3ccc4C5(O)O)[C@H](O[C@H]3C[C@](C)(N)[C@@H](O)[C@H](C)O3)c3ccc(c(Cl)c3)Oc3cc2cc(c3O[C@@H]2O[C@H](CO)[C@@H](O)[C@H](O)[C@H]2O[C@H]2C[C@](C)(NCc3ccc(-c4ccc(Cl)cc4)cc3)[C@@H](O)[C@H](C)O2)Oc2ccc(cc2Cl)[C@H]1O. The number of nitrogens with two attached hydrogens (primary N) is 3. The number of phenolic OH excluding ortho intramolecular Hbond substituents is 1. The third kappa shape index (κ3) is 21.3. The van der Waals surface area contributed by atoms with Crippen LogP contribution in [0.3, 0.4) is 0 Å². The van der Waals surface area contributed by atoms with Crippen molar-refractivity contribution in [1.82, 2.24) is 31.9 Å². The first-order valence-electron chi connectivity index (χ1n) is 43.4. The van der Waals surface area contributed by atoms with Gasteiger partial charge in [-0.15, -0.1) is 0 Å². The van der Waals surface area contributed by atoms with Crippen molar-refractivity contribution in [1.29, 1.82) is 0 Å². The van der Waals surface area contributed by atoms with E-state index in [4.69, 9.17) is 94.6 Å². The van der Waals surface area contributed by atoms with Crippen LogP contribution < -0.4 is 63.3 Å². The largest absolute Gasteiger partial charge is 0.508 e. The minimum Gasteiger partial charge on any atom is -0.508 e. The molecule has 712 valence electrons. The van der Waals surface area contributed by atoms with E-state index in [1.807, 2.05) is 36.4 Å². The maximum absolute atomic E-state index is 16.9. The second-order valence-electron chi connectivity index (χ2n) is 35.2. The van der Waals surface area contributed by atoms with Crippen LogP contribution in [0.2, 0.25) is 15.1 Å². The van der Waals surface area contributed by atoms with Crippen LogP contribution in [-0.2, 0) is 83.9 Å². The van der Waals surface area contributed by atoms with Gasteiger partial charge in [-0.3, -0.25) is 38.4 Å². The molecule has 0 aromatic heterocycles. The summed E-state index contributed by atoms with van der Waals surface area (Å²) in [6, 6.07) is 21.3. The van der Waals surface area contributed by atoms with Crippen molar-refractivity contribution in [3.8, 4) is 56.8 Å². The highest BCUT2D eigenvalue weighted by Crippen LogP contribution is 2.54. The molecule has 6 amide bonds. The quantitative estimate of drug-likeness (QED) is 0.0314. The molecule has 133 heavy (non-hydrogen) atoms. The van der Waals surface area contributed by atoms with Crippen molar-refractivity contribution in [2.75, 3.05) is 26.3 Å². The van der Waals surface area contributed by atoms with Gasteiger partial charge >= 0.3 is 5.97 Å². The fraction of sp³-hybridized carbons (Fsp3) is 0.452. The molecule has 0 saturated carbocycles. The number of aliphatic hydroxyl groups excluding tert-OH is 7. The fourth-order valence-corrected chi connectivity index (χ4v) is 18.6. The molecule has 40 heteroatoms. The number of rotatable bonds is 23. The number of aliphatic hydroxyl groups is 9. The van der Waals surface area contributed by atoms with Crippen molar-refractivity contribution in [3.63, 3.8) is 0 Å². The second-order valence-corrected chi connectivity index (χ2v) is 36.4. The molecular formula is C93H106Cl3N9O28. The van der Waals surface area contributed by atoms with E-state index < -0.39 is 281 Å². The van der Waals surface area contributed by atoms with Gasteiger partial charge in [0.15, 0.2) is 54.4 Å². The molecule has 0 radical (unpaired) electrons. The van der Waals surface area contributed by atoms with Gasteiger partial charge in [-0.2, -0.15) is 0 Å². The standard InChI is InChI=1S/C93H106Cl3N9O28/c1-7-44(24-40(2)107)85(118)104-75-61(109)28-51(31-68(98)111)86(119)102-73-50-29-65(128-63-20-15-48(77(75)113)26-59(63)95)81(133-90-82(79(115)78(114)67(38-106)130-90)132-71-36-92(6,84(117)42(4)127-71)101-37-43-8-10-45(11-9-43)46-12-17-52(94)18-13-46)66(30-50)129-64-21-16-49(27-60(64)96)80(131-70-35-91(5,99)83(116)41(3)126-70)76-88(121)103-74(89(122)125-39-69(112)100-23-22-97)56-32-53(108)33-58-72(56)55-25-47(14-19-57(55)93(58,123)124)54(34-62(73)110)87(120)105-76/h8-21,25-27,29-30,32-33,40-42,44,51,54,67,70-71,73-80,82-84,90,101,106-108,113-117,123-124H,7,22-24,28,31,34-39,97,99H2,1-6H3,(H2,98,111)(H,100,112)(H,102,119)(H,103,121)(H,104,118)(H,105,120)/t40?,41-,42-,44+,51-,54+,67+,70-,71-,73+,74-,75-,76-,77+,78+,79-,80+,82+,83-,84-,90-,91-,92-/m0/s1. The van der Waals surface area contributed by atoms with E-state index in [0.29, 0.717) is 5.02 Å². The normalized spacial score (nSPS) is 29.6. The molecule has 1 aliphatic carbocycles. The van der Waals surface area contributed by atoms with Crippen molar-refractivity contribution in [2.24, 2.45) is 29.0 Å². The Hall–Kier alpha value is -10.4. The molecule has 16 rings (SSSR count). The van der Waals surface area contributed by atoms with Crippen LogP contribution in [0.1, 0.15) is 161 Å². The number of esters is 1. The molecule has 8 heterocycles. The van der Waals surface area contributed by atoms with Crippen LogP contribution in [0.15, 0.2) is 127 Å². The fourth-order valence-electron chi connectivity index (χ4n) is 18.0. The Morgan fingerprint density at radius 3 is 1.94 bits per heavy atom. The zero-order valence-corrected chi connectivity index (χ0v) is 75.2. The average Bonchev–Trinajstić information content (AvgIpc) is 1.55. The van der Waals surface area contributed by atoms with Crippen molar-refractivity contribution >= 4 is 87.8 Å². The molecule has 37 nitrogen and oxygen atoms in total. The summed E-state index contributed by atoms with van der Waals surface area (Å²) in [5.41, 5.74) is 15.5. The molecule has 1 unspecified atom stereocenters. The lowest BCUT2D eigenvalue weighted by Gasteiger charge is -2.48. The minimum atomic E-state index is -3.09. The molecule has 9 aliphatic rings. The lowest BCUT2D eigenvalue weighted by molar-refractivity contribution is -0.334. The second kappa shape index (κ2) is 40.6. The van der Waals surface area contributed by atoms with E-state index in [2.05, 4.69) is 31.9 Å². The van der Waals surface area contributed by atoms with Crippen LogP contribution in [0, 0.1) is 11.8 Å². The number of phenols is 1. The van der Waals surface area contributed by atoms with E-state index in [-0.39, 0.29) is 89.5 Å². The Balaban J connectivity index is 0.972. The van der Waals surface area contributed by atoms with Gasteiger partial charge in [0, 0.05) is 84.9 Å². The van der Waals surface area contributed by atoms with Gasteiger partial charge in [0.1, 0.15) is 65.9 Å². The molecule has 8 aliphatic heterocycles. The van der Waals surface area contributed by atoms with E-state index in [1.165, 1.54) is 63.2 Å². The van der Waals surface area contributed by atoms with E-state index >= 15 is 28.8 Å².